The van der Waals surface area contributed by atoms with Gasteiger partial charge in [-0.3, -0.25) is 0 Å². The zero-order valence-electron chi connectivity index (χ0n) is 10.4. The molecule has 1 nitrogen and oxygen atoms in total. The van der Waals surface area contributed by atoms with E-state index in [-0.39, 0.29) is 5.54 Å². The van der Waals surface area contributed by atoms with E-state index < -0.39 is 0 Å². The van der Waals surface area contributed by atoms with Gasteiger partial charge in [0.2, 0.25) is 0 Å². The maximum Gasteiger partial charge on any atom is 0.0205 e. The van der Waals surface area contributed by atoms with E-state index in [9.17, 15) is 0 Å². The summed E-state index contributed by atoms with van der Waals surface area (Å²) in [7, 11) is 0. The monoisotopic (exact) mass is 185 g/mol. The second-order valence-electron chi connectivity index (χ2n) is 6.16. The minimum absolute atomic E-state index is 0.0156. The van der Waals surface area contributed by atoms with E-state index in [1.807, 2.05) is 0 Å². The molecule has 2 N–H and O–H groups in total. The Labute approximate surface area is 84.1 Å². The van der Waals surface area contributed by atoms with Crippen LogP contribution in [0.2, 0.25) is 0 Å². The van der Waals surface area contributed by atoms with Crippen LogP contribution in [0, 0.1) is 17.3 Å². The van der Waals surface area contributed by atoms with Crippen LogP contribution in [0.25, 0.3) is 0 Å². The Morgan fingerprint density at radius 1 is 0.923 bits per heavy atom. The third-order valence-electron chi connectivity index (χ3n) is 2.99. The molecule has 0 aromatic rings. The summed E-state index contributed by atoms with van der Waals surface area (Å²) in [5.41, 5.74) is 6.78. The van der Waals surface area contributed by atoms with E-state index in [4.69, 9.17) is 5.73 Å². The van der Waals surface area contributed by atoms with Gasteiger partial charge in [-0.15, -0.1) is 0 Å². The molecule has 0 unspecified atom stereocenters. The van der Waals surface area contributed by atoms with Gasteiger partial charge in [0.1, 0.15) is 0 Å². The Balaban J connectivity index is 4.62. The van der Waals surface area contributed by atoms with Crippen molar-refractivity contribution >= 4 is 0 Å². The molecule has 0 aromatic carbocycles. The van der Waals surface area contributed by atoms with Gasteiger partial charge < -0.3 is 5.73 Å². The number of hydrogen-bond acceptors (Lipinski definition) is 1. The number of hydrogen-bond donors (Lipinski definition) is 1. The summed E-state index contributed by atoms with van der Waals surface area (Å²) in [6.45, 7) is 15.7. The van der Waals surface area contributed by atoms with Gasteiger partial charge in [0, 0.05) is 5.54 Å². The first-order chi connectivity index (χ1) is 5.59. The van der Waals surface area contributed by atoms with Crippen molar-refractivity contribution in [2.45, 2.75) is 60.4 Å². The molecule has 0 heterocycles. The predicted molar refractivity (Wildman–Crippen MR) is 60.7 cm³/mol. The van der Waals surface area contributed by atoms with Gasteiger partial charge >= 0.3 is 0 Å². The van der Waals surface area contributed by atoms with E-state index in [1.54, 1.807) is 0 Å². The van der Waals surface area contributed by atoms with E-state index in [2.05, 4.69) is 48.5 Å². The first-order valence-corrected chi connectivity index (χ1v) is 5.38. The second-order valence-corrected chi connectivity index (χ2v) is 6.16. The molecule has 0 atom stereocenters. The van der Waals surface area contributed by atoms with E-state index in [0.29, 0.717) is 17.3 Å². The fourth-order valence-corrected chi connectivity index (χ4v) is 1.99. The SMILES string of the molecule is CC(C)C(N)(CC(C)(C)C)C(C)C. The maximum atomic E-state index is 6.47. The molecule has 0 aliphatic rings. The average Bonchev–Trinajstić information content (AvgIpc) is 1.82. The van der Waals surface area contributed by atoms with Crippen molar-refractivity contribution in [3.8, 4) is 0 Å². The van der Waals surface area contributed by atoms with Gasteiger partial charge in [-0.05, 0) is 23.7 Å². The molecule has 0 aromatic heterocycles. The summed E-state index contributed by atoms with van der Waals surface area (Å²) in [6.07, 6.45) is 1.09. The molecule has 0 aliphatic carbocycles. The molecule has 0 fully saturated rings. The van der Waals surface area contributed by atoms with Gasteiger partial charge in [-0.1, -0.05) is 48.5 Å². The van der Waals surface area contributed by atoms with Crippen LogP contribution in [0.4, 0.5) is 0 Å². The summed E-state index contributed by atoms with van der Waals surface area (Å²) in [4.78, 5) is 0. The molecule has 0 aliphatic heterocycles. The smallest absolute Gasteiger partial charge is 0.0205 e. The van der Waals surface area contributed by atoms with Crippen LogP contribution in [0.5, 0.6) is 0 Å². The standard InChI is InChI=1S/C12H27N/c1-9(2)12(13,10(3)4)8-11(5,6)7/h9-10H,8,13H2,1-7H3. The summed E-state index contributed by atoms with van der Waals surface area (Å²) in [5, 5.41) is 0. The lowest BCUT2D eigenvalue weighted by Crippen LogP contribution is -2.52. The quantitative estimate of drug-likeness (QED) is 0.716. The minimum Gasteiger partial charge on any atom is -0.325 e. The third-order valence-corrected chi connectivity index (χ3v) is 2.99. The van der Waals surface area contributed by atoms with Crippen molar-refractivity contribution in [2.75, 3.05) is 0 Å². The van der Waals surface area contributed by atoms with E-state index in [0.717, 1.165) is 6.42 Å². The van der Waals surface area contributed by atoms with Crippen LogP contribution in [-0.4, -0.2) is 5.54 Å². The van der Waals surface area contributed by atoms with Crippen molar-refractivity contribution in [3.63, 3.8) is 0 Å². The van der Waals surface area contributed by atoms with Crippen molar-refractivity contribution in [1.29, 1.82) is 0 Å². The van der Waals surface area contributed by atoms with Crippen LogP contribution in [0.15, 0.2) is 0 Å². The van der Waals surface area contributed by atoms with Crippen LogP contribution in [-0.2, 0) is 0 Å². The number of rotatable bonds is 3. The summed E-state index contributed by atoms with van der Waals surface area (Å²) >= 11 is 0. The zero-order valence-corrected chi connectivity index (χ0v) is 10.4. The highest BCUT2D eigenvalue weighted by atomic mass is 14.8. The lowest BCUT2D eigenvalue weighted by molar-refractivity contribution is 0.146. The van der Waals surface area contributed by atoms with Gasteiger partial charge in [0.05, 0.1) is 0 Å². The molecule has 1 heteroatoms. The normalized spacial score (nSPS) is 14.3. The van der Waals surface area contributed by atoms with Gasteiger partial charge in [-0.2, -0.15) is 0 Å². The van der Waals surface area contributed by atoms with Gasteiger partial charge in [-0.25, -0.2) is 0 Å². The van der Waals surface area contributed by atoms with E-state index >= 15 is 0 Å². The zero-order chi connectivity index (χ0) is 10.9. The first kappa shape index (κ1) is 13.0. The van der Waals surface area contributed by atoms with Gasteiger partial charge in [0.15, 0.2) is 0 Å². The molecule has 0 radical (unpaired) electrons. The topological polar surface area (TPSA) is 26.0 Å². The Hall–Kier alpha value is -0.0400. The highest BCUT2D eigenvalue weighted by molar-refractivity contribution is 4.93. The highest BCUT2D eigenvalue weighted by Gasteiger charge is 2.36. The lowest BCUT2D eigenvalue weighted by Gasteiger charge is -2.42. The molecule has 0 saturated carbocycles. The molecular weight excluding hydrogens is 158 g/mol. The number of nitrogens with two attached hydrogens (primary N) is 1. The Bertz CT molecular complexity index is 143. The molecule has 0 rings (SSSR count). The van der Waals surface area contributed by atoms with Crippen LogP contribution >= 0.6 is 0 Å². The van der Waals surface area contributed by atoms with Crippen LogP contribution in [0.1, 0.15) is 54.9 Å². The van der Waals surface area contributed by atoms with Crippen molar-refractivity contribution < 1.29 is 0 Å². The summed E-state index contributed by atoms with van der Waals surface area (Å²) in [5.74, 6) is 1.10. The van der Waals surface area contributed by atoms with Crippen molar-refractivity contribution in [3.05, 3.63) is 0 Å². The highest BCUT2D eigenvalue weighted by Crippen LogP contribution is 2.35. The molecular formula is C12H27N. The maximum absolute atomic E-state index is 6.47. The average molecular weight is 185 g/mol. The Morgan fingerprint density at radius 3 is 1.31 bits per heavy atom. The van der Waals surface area contributed by atoms with Gasteiger partial charge in [0.25, 0.3) is 0 Å². The minimum atomic E-state index is -0.0156. The third kappa shape index (κ3) is 3.68. The fraction of sp³-hybridized carbons (Fsp3) is 1.00. The Kier molecular flexibility index (Phi) is 3.98. The van der Waals surface area contributed by atoms with E-state index in [1.165, 1.54) is 0 Å². The summed E-state index contributed by atoms with van der Waals surface area (Å²) in [6, 6.07) is 0. The van der Waals surface area contributed by atoms with Crippen LogP contribution in [0.3, 0.4) is 0 Å². The molecule has 80 valence electrons. The lowest BCUT2D eigenvalue weighted by atomic mass is 9.69. The molecule has 13 heavy (non-hydrogen) atoms. The molecule has 0 saturated heterocycles. The molecule has 0 bridgehead atoms. The van der Waals surface area contributed by atoms with Crippen LogP contribution < -0.4 is 5.73 Å². The first-order valence-electron chi connectivity index (χ1n) is 5.38. The summed E-state index contributed by atoms with van der Waals surface area (Å²) < 4.78 is 0. The van der Waals surface area contributed by atoms with Crippen molar-refractivity contribution in [2.24, 2.45) is 23.0 Å². The molecule has 0 amide bonds. The molecule has 0 spiro atoms. The Morgan fingerprint density at radius 2 is 1.23 bits per heavy atom. The largest absolute Gasteiger partial charge is 0.325 e. The van der Waals surface area contributed by atoms with Crippen molar-refractivity contribution in [1.82, 2.24) is 0 Å². The predicted octanol–water partition coefficient (Wildman–Crippen LogP) is 3.43. The second kappa shape index (κ2) is 4.00. The fourth-order valence-electron chi connectivity index (χ4n) is 1.99.